The third-order valence-electron chi connectivity index (χ3n) is 4.22. The van der Waals surface area contributed by atoms with Crippen LogP contribution in [-0.2, 0) is 4.79 Å². The van der Waals surface area contributed by atoms with E-state index in [1.807, 2.05) is 43.3 Å². The molecule has 0 aromatic carbocycles. The van der Waals surface area contributed by atoms with Crippen molar-refractivity contribution in [1.29, 1.82) is 0 Å². The number of aromatic nitrogens is 2. The van der Waals surface area contributed by atoms with Crippen LogP contribution >= 0.6 is 23.7 Å². The molecule has 3 aromatic heterocycles. The number of hydrogen-bond donors (Lipinski definition) is 3. The number of carboxylic acids is 1. The van der Waals surface area contributed by atoms with Crippen molar-refractivity contribution in [1.82, 2.24) is 15.3 Å². The number of anilines is 2. The van der Waals surface area contributed by atoms with E-state index in [2.05, 4.69) is 20.6 Å². The van der Waals surface area contributed by atoms with Crippen molar-refractivity contribution in [2.45, 2.75) is 26.8 Å². The maximum atomic E-state index is 12.4. The number of nitrogens with zero attached hydrogens (tertiary/aromatic N) is 2. The molecular weight excluding hydrogens is 424 g/mol. The molecule has 0 spiro atoms. The number of amides is 1. The number of hydrogen-bond acceptors (Lipinski definition) is 6. The van der Waals surface area contributed by atoms with Gasteiger partial charge in [0.15, 0.2) is 0 Å². The monoisotopic (exact) mass is 446 g/mol. The zero-order chi connectivity index (χ0) is 21.0. The van der Waals surface area contributed by atoms with Gasteiger partial charge >= 0.3 is 5.97 Å². The van der Waals surface area contributed by atoms with E-state index in [0.717, 1.165) is 10.4 Å². The number of nitrogens with one attached hydrogen (secondary N) is 2. The van der Waals surface area contributed by atoms with Gasteiger partial charge in [0.2, 0.25) is 0 Å². The van der Waals surface area contributed by atoms with Gasteiger partial charge in [0.25, 0.3) is 5.91 Å². The first kappa shape index (κ1) is 23.3. The van der Waals surface area contributed by atoms with Crippen LogP contribution in [0.3, 0.4) is 0 Å². The van der Waals surface area contributed by atoms with Gasteiger partial charge in [-0.2, -0.15) is 0 Å². The summed E-state index contributed by atoms with van der Waals surface area (Å²) in [6.45, 7) is 5.50. The zero-order valence-corrected chi connectivity index (χ0v) is 18.4. The fourth-order valence-corrected chi connectivity index (χ4v) is 3.58. The Hall–Kier alpha value is -2.97. The van der Waals surface area contributed by atoms with Crippen LogP contribution in [0.1, 0.15) is 29.1 Å². The standard InChI is InChI=1S/C21H22N4O3S.ClH/c1-12(2)19(21(27)28)25-20(26)16-8-7-15(29-16)14-5-4-6-17(23-14)24-18-11-13(3)9-10-22-18;/h4-12,19H,1-3H3,(H,25,26)(H,27,28)(H,22,23,24);1H/t19-;/m0./s1. The lowest BCUT2D eigenvalue weighted by Crippen LogP contribution is -2.44. The Morgan fingerprint density at radius 1 is 1.10 bits per heavy atom. The molecule has 3 aromatic rings. The van der Waals surface area contributed by atoms with Gasteiger partial charge in [-0.05, 0) is 54.8 Å². The topological polar surface area (TPSA) is 104 Å². The number of pyridine rings is 2. The molecule has 3 rings (SSSR count). The number of carbonyl (C=O) groups is 2. The summed E-state index contributed by atoms with van der Waals surface area (Å²) in [6, 6.07) is 12.0. The fraction of sp³-hybridized carbons (Fsp3) is 0.238. The van der Waals surface area contributed by atoms with Crippen molar-refractivity contribution in [2.75, 3.05) is 5.32 Å². The van der Waals surface area contributed by atoms with Gasteiger partial charge in [-0.25, -0.2) is 14.8 Å². The summed E-state index contributed by atoms with van der Waals surface area (Å²) in [5.41, 5.74) is 1.80. The highest BCUT2D eigenvalue weighted by Crippen LogP contribution is 2.28. The van der Waals surface area contributed by atoms with Crippen molar-refractivity contribution < 1.29 is 14.7 Å². The van der Waals surface area contributed by atoms with Crippen LogP contribution in [0.4, 0.5) is 11.6 Å². The van der Waals surface area contributed by atoms with Gasteiger partial charge < -0.3 is 15.7 Å². The van der Waals surface area contributed by atoms with E-state index in [1.54, 1.807) is 26.1 Å². The molecule has 0 saturated heterocycles. The van der Waals surface area contributed by atoms with E-state index in [9.17, 15) is 14.7 Å². The second-order valence-corrected chi connectivity index (χ2v) is 8.03. The first-order valence-corrected chi connectivity index (χ1v) is 9.96. The molecule has 0 saturated carbocycles. The Labute approximate surface area is 185 Å². The van der Waals surface area contributed by atoms with Gasteiger partial charge in [0.05, 0.1) is 15.4 Å². The molecule has 1 amide bonds. The maximum Gasteiger partial charge on any atom is 0.326 e. The number of rotatable bonds is 7. The van der Waals surface area contributed by atoms with Crippen molar-refractivity contribution in [3.8, 4) is 10.6 Å². The quantitative estimate of drug-likeness (QED) is 0.493. The molecule has 158 valence electrons. The summed E-state index contributed by atoms with van der Waals surface area (Å²) in [7, 11) is 0. The molecule has 0 radical (unpaired) electrons. The second kappa shape index (κ2) is 10.2. The number of carboxylic acid groups (broad SMARTS) is 1. The number of thiophene rings is 1. The Balaban J connectivity index is 0.00000320. The van der Waals surface area contributed by atoms with Crippen LogP contribution in [0.25, 0.3) is 10.6 Å². The summed E-state index contributed by atoms with van der Waals surface area (Å²) in [6.07, 6.45) is 1.73. The van der Waals surface area contributed by atoms with Gasteiger partial charge in [-0.1, -0.05) is 19.9 Å². The van der Waals surface area contributed by atoms with Crippen molar-refractivity contribution >= 4 is 47.3 Å². The average Bonchev–Trinajstić information content (AvgIpc) is 3.16. The fourth-order valence-electron chi connectivity index (χ4n) is 2.70. The number of halogens is 1. The number of aryl methyl sites for hydroxylation is 1. The molecule has 0 bridgehead atoms. The number of carbonyl (C=O) groups excluding carboxylic acids is 1. The summed E-state index contributed by atoms with van der Waals surface area (Å²) in [5.74, 6) is -0.313. The zero-order valence-electron chi connectivity index (χ0n) is 16.7. The first-order chi connectivity index (χ1) is 13.8. The minimum atomic E-state index is -1.05. The second-order valence-electron chi connectivity index (χ2n) is 6.95. The lowest BCUT2D eigenvalue weighted by molar-refractivity contribution is -0.140. The third-order valence-corrected chi connectivity index (χ3v) is 5.33. The molecule has 3 heterocycles. The number of aliphatic carboxylic acids is 1. The van der Waals surface area contributed by atoms with Gasteiger partial charge in [-0.3, -0.25) is 4.79 Å². The molecular formula is C21H23ClN4O3S. The molecule has 0 unspecified atom stereocenters. The van der Waals surface area contributed by atoms with Gasteiger partial charge in [0, 0.05) is 6.20 Å². The van der Waals surface area contributed by atoms with Crippen LogP contribution in [0.2, 0.25) is 0 Å². The molecule has 0 aliphatic rings. The van der Waals surface area contributed by atoms with Crippen LogP contribution in [-0.4, -0.2) is 33.0 Å². The largest absolute Gasteiger partial charge is 0.480 e. The molecule has 9 heteroatoms. The highest BCUT2D eigenvalue weighted by atomic mass is 35.5. The maximum absolute atomic E-state index is 12.4. The molecule has 0 aliphatic carbocycles. The molecule has 7 nitrogen and oxygen atoms in total. The third kappa shape index (κ3) is 5.77. The smallest absolute Gasteiger partial charge is 0.326 e. The summed E-state index contributed by atoms with van der Waals surface area (Å²) < 4.78 is 0. The van der Waals surface area contributed by atoms with E-state index in [4.69, 9.17) is 0 Å². The Morgan fingerprint density at radius 2 is 1.87 bits per heavy atom. The summed E-state index contributed by atoms with van der Waals surface area (Å²) in [5, 5.41) is 15.0. The summed E-state index contributed by atoms with van der Waals surface area (Å²) >= 11 is 1.27. The van der Waals surface area contributed by atoms with Crippen LogP contribution in [0.15, 0.2) is 48.7 Å². The van der Waals surface area contributed by atoms with E-state index in [1.165, 1.54) is 11.3 Å². The van der Waals surface area contributed by atoms with E-state index < -0.39 is 17.9 Å². The Morgan fingerprint density at radius 3 is 2.53 bits per heavy atom. The molecule has 0 aliphatic heterocycles. The normalized spacial score (nSPS) is 11.5. The van der Waals surface area contributed by atoms with E-state index in [0.29, 0.717) is 22.2 Å². The van der Waals surface area contributed by atoms with Crippen molar-refractivity contribution in [2.24, 2.45) is 5.92 Å². The highest BCUT2D eigenvalue weighted by Gasteiger charge is 2.24. The minimum Gasteiger partial charge on any atom is -0.480 e. The van der Waals surface area contributed by atoms with Crippen molar-refractivity contribution in [3.05, 3.63) is 59.1 Å². The summed E-state index contributed by atoms with van der Waals surface area (Å²) in [4.78, 5) is 33.9. The predicted molar refractivity (Wildman–Crippen MR) is 121 cm³/mol. The SMILES string of the molecule is Cc1ccnc(Nc2cccc(-c3ccc(C(=O)N[C@H](C(=O)O)C(C)C)s3)n2)c1.Cl. The average molecular weight is 447 g/mol. The molecule has 3 N–H and O–H groups in total. The van der Waals surface area contributed by atoms with E-state index in [-0.39, 0.29) is 18.3 Å². The Bertz CT molecular complexity index is 1040. The molecule has 1 atom stereocenters. The van der Waals surface area contributed by atoms with Crippen LogP contribution in [0, 0.1) is 12.8 Å². The molecule has 30 heavy (non-hydrogen) atoms. The van der Waals surface area contributed by atoms with Gasteiger partial charge in [-0.15, -0.1) is 23.7 Å². The van der Waals surface area contributed by atoms with Crippen molar-refractivity contribution in [3.63, 3.8) is 0 Å². The lowest BCUT2D eigenvalue weighted by Gasteiger charge is -2.17. The van der Waals surface area contributed by atoms with E-state index >= 15 is 0 Å². The highest BCUT2D eigenvalue weighted by molar-refractivity contribution is 7.17. The minimum absolute atomic E-state index is 0. The van der Waals surface area contributed by atoms with Gasteiger partial charge in [0.1, 0.15) is 17.7 Å². The molecule has 0 fully saturated rings. The van der Waals surface area contributed by atoms with Crippen LogP contribution < -0.4 is 10.6 Å². The lowest BCUT2D eigenvalue weighted by atomic mass is 10.0. The first-order valence-electron chi connectivity index (χ1n) is 9.14. The predicted octanol–water partition coefficient (Wildman–Crippen LogP) is 4.52. The Kier molecular flexibility index (Phi) is 7.91. The van der Waals surface area contributed by atoms with Crippen LogP contribution in [0.5, 0.6) is 0 Å².